The maximum absolute atomic E-state index is 6.01. The summed E-state index contributed by atoms with van der Waals surface area (Å²) in [5.41, 5.74) is 11.4. The molecule has 1 aliphatic rings. The van der Waals surface area contributed by atoms with Crippen LogP contribution in [0.15, 0.2) is 42.6 Å². The predicted octanol–water partition coefficient (Wildman–Crippen LogP) is 4.43. The third-order valence-electron chi connectivity index (χ3n) is 4.65. The fraction of sp³-hybridized carbons (Fsp3) is 0.350. The zero-order valence-electron chi connectivity index (χ0n) is 13.3. The van der Waals surface area contributed by atoms with Crippen molar-refractivity contribution in [2.75, 3.05) is 18.8 Å². The van der Waals surface area contributed by atoms with Crippen molar-refractivity contribution < 1.29 is 0 Å². The summed E-state index contributed by atoms with van der Waals surface area (Å²) in [7, 11) is 0. The van der Waals surface area contributed by atoms with E-state index in [1.165, 1.54) is 49.0 Å². The van der Waals surface area contributed by atoms with Crippen LogP contribution in [0.25, 0.3) is 22.2 Å². The highest BCUT2D eigenvalue weighted by Crippen LogP contribution is 2.33. The lowest BCUT2D eigenvalue weighted by atomic mass is 10.0. The lowest BCUT2D eigenvalue weighted by Gasteiger charge is -2.26. The van der Waals surface area contributed by atoms with E-state index in [0.29, 0.717) is 0 Å². The Morgan fingerprint density at radius 2 is 1.92 bits per heavy atom. The zero-order valence-corrected chi connectivity index (χ0v) is 13.3. The van der Waals surface area contributed by atoms with Gasteiger partial charge in [0.15, 0.2) is 0 Å². The molecule has 3 N–H and O–H groups in total. The number of nitrogens with one attached hydrogen (secondary N) is 1. The van der Waals surface area contributed by atoms with Crippen molar-refractivity contribution in [2.45, 2.75) is 33.2 Å². The third kappa shape index (κ3) is 3.15. The fourth-order valence-electron chi connectivity index (χ4n) is 3.56. The highest BCUT2D eigenvalue weighted by atomic mass is 15.1. The molecule has 0 bridgehead atoms. The first-order valence-corrected chi connectivity index (χ1v) is 8.35. The van der Waals surface area contributed by atoms with Gasteiger partial charge in [-0.05, 0) is 55.8 Å². The number of aromatic amines is 1. The van der Waals surface area contributed by atoms with Crippen molar-refractivity contribution in [2.24, 2.45) is 0 Å². The van der Waals surface area contributed by atoms with E-state index >= 15 is 0 Å². The SMILES string of the molecule is C.Nc1cccc(-c2c(CN3CCCCC3)[nH]c3ncccc23)c1. The number of hydrogen-bond donors (Lipinski definition) is 2. The summed E-state index contributed by atoms with van der Waals surface area (Å²) in [5, 5.41) is 1.17. The standard InChI is InChI=1S/C19H22N4.CH4/c20-15-7-4-6-14(12-15)18-16-8-5-9-21-19(16)22-17(18)13-23-10-2-1-3-11-23;/h4-9,12H,1-3,10-11,13,20H2,(H,21,22);1H4. The topological polar surface area (TPSA) is 57.9 Å². The lowest BCUT2D eigenvalue weighted by Crippen LogP contribution is -2.29. The zero-order chi connectivity index (χ0) is 15.6. The van der Waals surface area contributed by atoms with E-state index in [4.69, 9.17) is 5.73 Å². The van der Waals surface area contributed by atoms with E-state index in [2.05, 4.69) is 33.1 Å². The Kier molecular flexibility index (Phi) is 4.86. The second-order valence-corrected chi connectivity index (χ2v) is 6.34. The predicted molar refractivity (Wildman–Crippen MR) is 102 cm³/mol. The van der Waals surface area contributed by atoms with Crippen molar-refractivity contribution in [1.82, 2.24) is 14.9 Å². The summed E-state index contributed by atoms with van der Waals surface area (Å²) >= 11 is 0. The van der Waals surface area contributed by atoms with Crippen LogP contribution in [0.5, 0.6) is 0 Å². The molecule has 1 fully saturated rings. The maximum Gasteiger partial charge on any atom is 0.138 e. The molecule has 0 radical (unpaired) electrons. The van der Waals surface area contributed by atoms with Gasteiger partial charge in [-0.15, -0.1) is 0 Å². The van der Waals surface area contributed by atoms with E-state index in [1.807, 2.05) is 24.4 Å². The van der Waals surface area contributed by atoms with Crippen molar-refractivity contribution in [3.8, 4) is 11.1 Å². The first-order valence-electron chi connectivity index (χ1n) is 8.35. The van der Waals surface area contributed by atoms with Crippen LogP contribution in [0, 0.1) is 0 Å². The first-order chi connectivity index (χ1) is 11.3. The van der Waals surface area contributed by atoms with Gasteiger partial charge in [0, 0.05) is 35.1 Å². The molecule has 0 amide bonds. The number of hydrogen-bond acceptors (Lipinski definition) is 3. The van der Waals surface area contributed by atoms with Crippen LogP contribution in [0.3, 0.4) is 0 Å². The molecule has 4 heteroatoms. The molecule has 1 aliphatic heterocycles. The van der Waals surface area contributed by atoms with E-state index < -0.39 is 0 Å². The first kappa shape index (κ1) is 16.5. The van der Waals surface area contributed by atoms with Gasteiger partial charge in [-0.3, -0.25) is 4.90 Å². The minimum absolute atomic E-state index is 0. The van der Waals surface area contributed by atoms with Gasteiger partial charge in [-0.25, -0.2) is 4.98 Å². The number of aromatic nitrogens is 2. The highest BCUT2D eigenvalue weighted by molar-refractivity contribution is 5.96. The van der Waals surface area contributed by atoms with Crippen LogP contribution in [-0.4, -0.2) is 28.0 Å². The number of fused-ring (bicyclic) bond motifs is 1. The second kappa shape index (κ2) is 7.05. The molecule has 126 valence electrons. The number of rotatable bonds is 3. The van der Waals surface area contributed by atoms with Crippen molar-refractivity contribution >= 4 is 16.7 Å². The third-order valence-corrected chi connectivity index (χ3v) is 4.65. The normalized spacial score (nSPS) is 15.3. The Balaban J connectivity index is 0.00000169. The molecule has 24 heavy (non-hydrogen) atoms. The van der Waals surface area contributed by atoms with Crippen LogP contribution in [0.2, 0.25) is 0 Å². The number of likely N-dealkylation sites (tertiary alicyclic amines) is 1. The van der Waals surface area contributed by atoms with Gasteiger partial charge in [0.1, 0.15) is 5.65 Å². The second-order valence-electron chi connectivity index (χ2n) is 6.34. The van der Waals surface area contributed by atoms with Gasteiger partial charge in [0.25, 0.3) is 0 Å². The molecule has 2 aromatic heterocycles. The summed E-state index contributed by atoms with van der Waals surface area (Å²) in [5.74, 6) is 0. The Hall–Kier alpha value is -2.33. The van der Waals surface area contributed by atoms with Crippen molar-refractivity contribution in [3.63, 3.8) is 0 Å². The van der Waals surface area contributed by atoms with Gasteiger partial charge in [0.2, 0.25) is 0 Å². The molecule has 4 rings (SSSR count). The molecule has 0 unspecified atom stereocenters. The van der Waals surface area contributed by atoms with E-state index in [1.54, 1.807) is 0 Å². The minimum Gasteiger partial charge on any atom is -0.399 e. The highest BCUT2D eigenvalue weighted by Gasteiger charge is 2.18. The van der Waals surface area contributed by atoms with Gasteiger partial charge in [0.05, 0.1) is 0 Å². The molecule has 1 saturated heterocycles. The molecule has 0 aliphatic carbocycles. The lowest BCUT2D eigenvalue weighted by molar-refractivity contribution is 0.219. The van der Waals surface area contributed by atoms with E-state index in [0.717, 1.165) is 23.4 Å². The van der Waals surface area contributed by atoms with Crippen LogP contribution in [-0.2, 0) is 6.54 Å². The Bertz CT molecular complexity index is 815. The Morgan fingerprint density at radius 3 is 2.71 bits per heavy atom. The number of nitrogen functional groups attached to an aromatic ring is 1. The molecule has 0 spiro atoms. The van der Waals surface area contributed by atoms with Crippen LogP contribution in [0.1, 0.15) is 32.4 Å². The molecule has 3 aromatic rings. The average molecular weight is 322 g/mol. The Morgan fingerprint density at radius 1 is 1.08 bits per heavy atom. The number of pyridine rings is 1. The number of nitrogens with zero attached hydrogens (tertiary/aromatic N) is 2. The smallest absolute Gasteiger partial charge is 0.138 e. The van der Waals surface area contributed by atoms with Gasteiger partial charge in [-0.2, -0.15) is 0 Å². The number of nitrogens with two attached hydrogens (primary N) is 1. The summed E-state index contributed by atoms with van der Waals surface area (Å²) in [4.78, 5) is 10.6. The molecule has 4 nitrogen and oxygen atoms in total. The summed E-state index contributed by atoms with van der Waals surface area (Å²) < 4.78 is 0. The van der Waals surface area contributed by atoms with Gasteiger partial charge in [-0.1, -0.05) is 26.0 Å². The number of anilines is 1. The molecule has 1 aromatic carbocycles. The quantitative estimate of drug-likeness (QED) is 0.701. The molecular formula is C20H26N4. The average Bonchev–Trinajstić information content (AvgIpc) is 2.93. The fourth-order valence-corrected chi connectivity index (χ4v) is 3.56. The number of piperidine rings is 1. The van der Waals surface area contributed by atoms with Crippen LogP contribution in [0.4, 0.5) is 5.69 Å². The Labute approximate surface area is 143 Å². The van der Waals surface area contributed by atoms with Gasteiger partial charge < -0.3 is 10.7 Å². The molecule has 0 saturated carbocycles. The molecule has 3 heterocycles. The summed E-state index contributed by atoms with van der Waals surface area (Å²) in [6.45, 7) is 3.30. The van der Waals surface area contributed by atoms with Crippen LogP contribution < -0.4 is 5.73 Å². The number of H-pyrrole nitrogens is 1. The van der Waals surface area contributed by atoms with Gasteiger partial charge >= 0.3 is 0 Å². The van der Waals surface area contributed by atoms with Crippen LogP contribution >= 0.6 is 0 Å². The minimum atomic E-state index is 0. The van der Waals surface area contributed by atoms with Crippen molar-refractivity contribution in [3.05, 3.63) is 48.3 Å². The molecular weight excluding hydrogens is 296 g/mol. The molecule has 0 atom stereocenters. The number of benzene rings is 1. The van der Waals surface area contributed by atoms with Crippen molar-refractivity contribution in [1.29, 1.82) is 0 Å². The summed E-state index contributed by atoms with van der Waals surface area (Å²) in [6, 6.07) is 12.3. The maximum atomic E-state index is 6.01. The summed E-state index contributed by atoms with van der Waals surface area (Å²) in [6.07, 6.45) is 5.79. The van der Waals surface area contributed by atoms with E-state index in [-0.39, 0.29) is 7.43 Å². The largest absolute Gasteiger partial charge is 0.399 e. The monoisotopic (exact) mass is 322 g/mol. The van der Waals surface area contributed by atoms with E-state index in [9.17, 15) is 0 Å².